The van der Waals surface area contributed by atoms with Crippen molar-refractivity contribution in [2.45, 2.75) is 52.5 Å². The minimum atomic E-state index is -0.259. The smallest absolute Gasteiger partial charge is 0.259 e. The van der Waals surface area contributed by atoms with E-state index in [9.17, 15) is 9.59 Å². The topological polar surface area (TPSA) is 67.4 Å². The molecule has 2 aromatic carbocycles. The minimum absolute atomic E-state index is 0.0995. The molecule has 2 amide bonds. The van der Waals surface area contributed by atoms with Gasteiger partial charge in [0.25, 0.3) is 11.8 Å². The number of unbranched alkanes of at least 4 members (excludes halogenated alkanes) is 2. The number of ether oxygens (including phenoxy) is 1. The van der Waals surface area contributed by atoms with Crippen LogP contribution in [0.4, 0.5) is 5.69 Å². The summed E-state index contributed by atoms with van der Waals surface area (Å²) >= 11 is 0. The van der Waals surface area contributed by atoms with E-state index in [4.69, 9.17) is 4.74 Å². The Hall–Kier alpha value is -2.82. The summed E-state index contributed by atoms with van der Waals surface area (Å²) in [5, 5.41) is 5.79. The molecule has 0 aliphatic rings. The number of carbonyl (C=O) groups is 2. The summed E-state index contributed by atoms with van der Waals surface area (Å²) in [4.78, 5) is 25.0. The van der Waals surface area contributed by atoms with Crippen molar-refractivity contribution in [3.8, 4) is 5.75 Å². The molecule has 0 fully saturated rings. The van der Waals surface area contributed by atoms with Crippen molar-refractivity contribution in [1.82, 2.24) is 5.32 Å². The molecule has 0 saturated heterocycles. The second-order valence-electron chi connectivity index (χ2n) is 6.87. The van der Waals surface area contributed by atoms with Crippen LogP contribution < -0.4 is 15.4 Å². The van der Waals surface area contributed by atoms with Crippen LogP contribution in [0.1, 0.15) is 67.2 Å². The van der Waals surface area contributed by atoms with Crippen LogP contribution >= 0.6 is 0 Å². The van der Waals surface area contributed by atoms with Crippen LogP contribution in [0.15, 0.2) is 48.5 Å². The first-order chi connectivity index (χ1) is 13.5. The fourth-order valence-electron chi connectivity index (χ4n) is 2.66. The van der Waals surface area contributed by atoms with Gasteiger partial charge in [0, 0.05) is 17.3 Å². The first-order valence-corrected chi connectivity index (χ1v) is 9.99. The van der Waals surface area contributed by atoms with Gasteiger partial charge in [-0.2, -0.15) is 0 Å². The number of hydrogen-bond donors (Lipinski definition) is 2. The summed E-state index contributed by atoms with van der Waals surface area (Å²) in [5.41, 5.74) is 1.57. The Labute approximate surface area is 167 Å². The Balaban J connectivity index is 2.07. The summed E-state index contributed by atoms with van der Waals surface area (Å²) in [6, 6.07) is 14.2. The first-order valence-electron chi connectivity index (χ1n) is 9.99. The zero-order chi connectivity index (χ0) is 20.4. The highest BCUT2D eigenvalue weighted by atomic mass is 16.5. The number of para-hydroxylation sites is 1. The van der Waals surface area contributed by atoms with Gasteiger partial charge in [-0.05, 0) is 50.1 Å². The fourth-order valence-corrected chi connectivity index (χ4v) is 2.66. The van der Waals surface area contributed by atoms with Crippen molar-refractivity contribution < 1.29 is 14.3 Å². The molecule has 0 saturated carbocycles. The molecule has 2 N–H and O–H groups in total. The number of carbonyl (C=O) groups excluding carboxylic acids is 2. The third-order valence-electron chi connectivity index (χ3n) is 4.51. The molecule has 0 aliphatic heterocycles. The SMILES string of the molecule is CCCCCOc1ccccc1C(=O)Nc1cccc(C(=O)NC(C)CC)c1. The molecule has 0 heterocycles. The molecule has 5 nitrogen and oxygen atoms in total. The van der Waals surface area contributed by atoms with E-state index in [1.54, 1.807) is 36.4 Å². The molecule has 2 aromatic rings. The molecule has 0 spiro atoms. The molecule has 0 aromatic heterocycles. The lowest BCUT2D eigenvalue weighted by atomic mass is 10.1. The van der Waals surface area contributed by atoms with Crippen LogP contribution in [0.2, 0.25) is 0 Å². The monoisotopic (exact) mass is 382 g/mol. The van der Waals surface area contributed by atoms with Crippen molar-refractivity contribution in [3.63, 3.8) is 0 Å². The average Bonchev–Trinajstić information content (AvgIpc) is 2.71. The van der Waals surface area contributed by atoms with Crippen LogP contribution in [0, 0.1) is 0 Å². The van der Waals surface area contributed by atoms with Gasteiger partial charge in [0.2, 0.25) is 0 Å². The number of amides is 2. The lowest BCUT2D eigenvalue weighted by molar-refractivity contribution is 0.0938. The van der Waals surface area contributed by atoms with Gasteiger partial charge in [0.05, 0.1) is 12.2 Å². The maximum atomic E-state index is 12.7. The Kier molecular flexibility index (Phi) is 8.53. The molecule has 5 heteroatoms. The maximum Gasteiger partial charge on any atom is 0.259 e. The van der Waals surface area contributed by atoms with Crippen molar-refractivity contribution in [1.29, 1.82) is 0 Å². The molecule has 0 radical (unpaired) electrons. The van der Waals surface area contributed by atoms with E-state index in [0.29, 0.717) is 29.2 Å². The number of nitrogens with one attached hydrogen (secondary N) is 2. The van der Waals surface area contributed by atoms with Gasteiger partial charge in [-0.25, -0.2) is 0 Å². The van der Waals surface area contributed by atoms with Crippen LogP contribution in [0.5, 0.6) is 5.75 Å². The van der Waals surface area contributed by atoms with Crippen LogP contribution in [0.25, 0.3) is 0 Å². The van der Waals surface area contributed by atoms with Crippen molar-refractivity contribution >= 4 is 17.5 Å². The third kappa shape index (κ3) is 6.41. The molecule has 1 atom stereocenters. The molecular formula is C23H30N2O3. The highest BCUT2D eigenvalue weighted by Gasteiger charge is 2.14. The van der Waals surface area contributed by atoms with E-state index in [2.05, 4.69) is 17.6 Å². The van der Waals surface area contributed by atoms with E-state index >= 15 is 0 Å². The molecule has 150 valence electrons. The maximum absolute atomic E-state index is 12.7. The van der Waals surface area contributed by atoms with Gasteiger partial charge in [0.1, 0.15) is 5.75 Å². The van der Waals surface area contributed by atoms with Gasteiger partial charge in [0.15, 0.2) is 0 Å². The molecular weight excluding hydrogens is 352 g/mol. The van der Waals surface area contributed by atoms with Crippen molar-refractivity contribution in [2.24, 2.45) is 0 Å². The summed E-state index contributed by atoms with van der Waals surface area (Å²) < 4.78 is 5.79. The van der Waals surface area contributed by atoms with Gasteiger partial charge in [-0.3, -0.25) is 9.59 Å². The summed E-state index contributed by atoms with van der Waals surface area (Å²) in [6.07, 6.45) is 4.03. The highest BCUT2D eigenvalue weighted by Crippen LogP contribution is 2.21. The molecule has 28 heavy (non-hydrogen) atoms. The van der Waals surface area contributed by atoms with Crippen LogP contribution in [-0.4, -0.2) is 24.5 Å². The lowest BCUT2D eigenvalue weighted by Crippen LogP contribution is -2.31. The second-order valence-corrected chi connectivity index (χ2v) is 6.87. The largest absolute Gasteiger partial charge is 0.493 e. The number of hydrogen-bond acceptors (Lipinski definition) is 3. The Morgan fingerprint density at radius 1 is 1.00 bits per heavy atom. The average molecular weight is 383 g/mol. The van der Waals surface area contributed by atoms with E-state index in [0.717, 1.165) is 25.7 Å². The zero-order valence-corrected chi connectivity index (χ0v) is 17.0. The van der Waals surface area contributed by atoms with E-state index in [1.165, 1.54) is 0 Å². The highest BCUT2D eigenvalue weighted by molar-refractivity contribution is 6.06. The minimum Gasteiger partial charge on any atom is -0.493 e. The normalized spacial score (nSPS) is 11.5. The second kappa shape index (κ2) is 11.1. The summed E-state index contributed by atoms with van der Waals surface area (Å²) in [6.45, 7) is 6.70. The standard InChI is InChI=1S/C23H30N2O3/c1-4-6-9-15-28-21-14-8-7-13-20(21)23(27)25-19-12-10-11-18(16-19)22(26)24-17(3)5-2/h7-8,10-14,16-17H,4-6,9,15H2,1-3H3,(H,24,26)(H,25,27). The fraction of sp³-hybridized carbons (Fsp3) is 0.391. The van der Waals surface area contributed by atoms with E-state index in [-0.39, 0.29) is 17.9 Å². The van der Waals surface area contributed by atoms with Crippen molar-refractivity contribution in [2.75, 3.05) is 11.9 Å². The van der Waals surface area contributed by atoms with Gasteiger partial charge in [-0.15, -0.1) is 0 Å². The third-order valence-corrected chi connectivity index (χ3v) is 4.51. The lowest BCUT2D eigenvalue weighted by Gasteiger charge is -2.13. The van der Waals surface area contributed by atoms with Gasteiger partial charge < -0.3 is 15.4 Å². The Bertz CT molecular complexity index is 789. The quantitative estimate of drug-likeness (QED) is 0.566. The van der Waals surface area contributed by atoms with Gasteiger partial charge >= 0.3 is 0 Å². The van der Waals surface area contributed by atoms with Crippen LogP contribution in [-0.2, 0) is 0 Å². The molecule has 0 aliphatic carbocycles. The predicted octanol–water partition coefficient (Wildman–Crippen LogP) is 5.04. The molecule has 0 bridgehead atoms. The number of rotatable bonds is 10. The first kappa shape index (κ1) is 21.5. The molecule has 1 unspecified atom stereocenters. The van der Waals surface area contributed by atoms with Crippen LogP contribution in [0.3, 0.4) is 0 Å². The Morgan fingerprint density at radius 3 is 2.54 bits per heavy atom. The van der Waals surface area contributed by atoms with Crippen molar-refractivity contribution in [3.05, 3.63) is 59.7 Å². The number of anilines is 1. The Morgan fingerprint density at radius 2 is 1.79 bits per heavy atom. The summed E-state index contributed by atoms with van der Waals surface area (Å²) in [7, 11) is 0. The zero-order valence-electron chi connectivity index (χ0n) is 17.0. The van der Waals surface area contributed by atoms with Gasteiger partial charge in [-0.1, -0.05) is 44.9 Å². The summed E-state index contributed by atoms with van der Waals surface area (Å²) in [5.74, 6) is 0.164. The van der Waals surface area contributed by atoms with E-state index < -0.39 is 0 Å². The predicted molar refractivity (Wildman–Crippen MR) is 113 cm³/mol. The van der Waals surface area contributed by atoms with E-state index in [1.807, 2.05) is 26.0 Å². The molecule has 2 rings (SSSR count). The number of benzene rings is 2.